The van der Waals surface area contributed by atoms with E-state index in [0.717, 1.165) is 5.56 Å². The van der Waals surface area contributed by atoms with Gasteiger partial charge in [0.15, 0.2) is 12.1 Å². The minimum atomic E-state index is -1.04. The minimum Gasteiger partial charge on any atom is -0.394 e. The Labute approximate surface area is 131 Å². The fourth-order valence-electron chi connectivity index (χ4n) is 2.74. The van der Waals surface area contributed by atoms with Crippen molar-refractivity contribution in [2.45, 2.75) is 50.3 Å². The minimum absolute atomic E-state index is 0.0473. The third-order valence-corrected chi connectivity index (χ3v) is 3.87. The van der Waals surface area contributed by atoms with E-state index in [4.69, 9.17) is 20.3 Å². The maximum Gasteiger partial charge on any atom is 0.184 e. The Hall–Kier alpha value is -1.02. The summed E-state index contributed by atoms with van der Waals surface area (Å²) in [5.41, 5.74) is 0.796. The second-order valence-corrected chi connectivity index (χ2v) is 5.79. The standard InChI is InChI=1S/C16H22O6/c1-16(2)19-9-12(22-16)14-13(18)11(8-17)20-15(21-14)10-6-4-3-5-7-10/h3-7,11-15,17-18H,8-9H2,1-2H3/t11-,12+,13+,14+,15?/m0/s1/i1D/t11-,12+,13+,14+,15?,16?. The molecule has 1 aromatic rings. The molecule has 0 aliphatic carbocycles. The number of hydrogen-bond acceptors (Lipinski definition) is 6. The van der Waals surface area contributed by atoms with Crippen molar-refractivity contribution in [1.82, 2.24) is 0 Å². The molecule has 2 aliphatic heterocycles. The smallest absolute Gasteiger partial charge is 0.184 e. The van der Waals surface area contributed by atoms with Gasteiger partial charge in [0.05, 0.1) is 13.2 Å². The van der Waals surface area contributed by atoms with E-state index in [9.17, 15) is 10.2 Å². The molecular weight excluding hydrogens is 288 g/mol. The summed E-state index contributed by atoms with van der Waals surface area (Å²) in [5, 5.41) is 19.9. The Morgan fingerprint density at radius 2 is 2.09 bits per heavy atom. The molecule has 2 saturated heterocycles. The van der Waals surface area contributed by atoms with Crippen LogP contribution in [0.5, 0.6) is 0 Å². The molecule has 0 bridgehead atoms. The van der Waals surface area contributed by atoms with Crippen LogP contribution in [0.2, 0.25) is 0 Å². The third-order valence-electron chi connectivity index (χ3n) is 3.87. The van der Waals surface area contributed by atoms with Gasteiger partial charge in [-0.15, -0.1) is 0 Å². The lowest BCUT2D eigenvalue weighted by Crippen LogP contribution is -2.54. The summed E-state index contributed by atoms with van der Waals surface area (Å²) >= 11 is 0. The van der Waals surface area contributed by atoms with Crippen LogP contribution in [0.1, 0.15) is 27.0 Å². The summed E-state index contributed by atoms with van der Waals surface area (Å²) in [7, 11) is 0. The Morgan fingerprint density at radius 1 is 1.32 bits per heavy atom. The first-order chi connectivity index (χ1) is 11.1. The van der Waals surface area contributed by atoms with Gasteiger partial charge in [-0.1, -0.05) is 30.3 Å². The van der Waals surface area contributed by atoms with Crippen LogP contribution in [-0.2, 0) is 18.9 Å². The van der Waals surface area contributed by atoms with Crippen molar-refractivity contribution in [3.8, 4) is 0 Å². The molecule has 122 valence electrons. The van der Waals surface area contributed by atoms with E-state index in [-0.39, 0.29) is 20.1 Å². The van der Waals surface area contributed by atoms with Crippen molar-refractivity contribution in [2.75, 3.05) is 13.2 Å². The average molecular weight is 311 g/mol. The zero-order chi connectivity index (χ0) is 16.4. The Bertz CT molecular complexity index is 515. The molecule has 2 unspecified atom stereocenters. The number of rotatable bonds is 3. The van der Waals surface area contributed by atoms with Crippen molar-refractivity contribution in [3.05, 3.63) is 35.9 Å². The highest BCUT2D eigenvalue weighted by Crippen LogP contribution is 2.35. The average Bonchev–Trinajstić information content (AvgIpc) is 2.99. The van der Waals surface area contributed by atoms with E-state index in [1.807, 2.05) is 30.3 Å². The molecule has 2 fully saturated rings. The van der Waals surface area contributed by atoms with Gasteiger partial charge in [0.25, 0.3) is 0 Å². The summed E-state index contributed by atoms with van der Waals surface area (Å²) in [4.78, 5) is 0. The number of aliphatic hydroxyl groups is 2. The fraction of sp³-hybridized carbons (Fsp3) is 0.625. The summed E-state index contributed by atoms with van der Waals surface area (Å²) in [6.45, 7) is 1.53. The van der Waals surface area contributed by atoms with Crippen LogP contribution < -0.4 is 0 Å². The molecule has 6 nitrogen and oxygen atoms in total. The molecule has 22 heavy (non-hydrogen) atoms. The molecule has 0 saturated carbocycles. The first-order valence-corrected chi connectivity index (χ1v) is 7.32. The van der Waals surface area contributed by atoms with Gasteiger partial charge >= 0.3 is 0 Å². The maximum absolute atomic E-state index is 10.4. The van der Waals surface area contributed by atoms with Crippen molar-refractivity contribution < 1.29 is 30.5 Å². The first-order valence-electron chi connectivity index (χ1n) is 8.03. The monoisotopic (exact) mass is 311 g/mol. The summed E-state index contributed by atoms with van der Waals surface area (Å²) in [6, 6.07) is 9.32. The van der Waals surface area contributed by atoms with Gasteiger partial charge in [0.2, 0.25) is 0 Å². The first kappa shape index (κ1) is 14.6. The van der Waals surface area contributed by atoms with Gasteiger partial charge in [0, 0.05) is 6.93 Å². The molecule has 0 spiro atoms. The van der Waals surface area contributed by atoms with E-state index in [2.05, 4.69) is 0 Å². The lowest BCUT2D eigenvalue weighted by atomic mass is 10.0. The lowest BCUT2D eigenvalue weighted by Gasteiger charge is -2.41. The Morgan fingerprint density at radius 3 is 2.73 bits per heavy atom. The molecular formula is C16H22O6. The molecule has 3 rings (SSSR count). The predicted octanol–water partition coefficient (Wildman–Crippen LogP) is 0.974. The number of hydrogen-bond donors (Lipinski definition) is 2. The van der Waals surface area contributed by atoms with Crippen LogP contribution in [0.15, 0.2) is 30.3 Å². The third kappa shape index (κ3) is 3.17. The topological polar surface area (TPSA) is 77.4 Å². The second kappa shape index (κ2) is 6.23. The lowest BCUT2D eigenvalue weighted by molar-refractivity contribution is -0.312. The number of benzene rings is 1. The molecule has 0 radical (unpaired) electrons. The van der Waals surface area contributed by atoms with Crippen molar-refractivity contribution >= 4 is 0 Å². The van der Waals surface area contributed by atoms with Gasteiger partial charge in [-0.25, -0.2) is 0 Å². The van der Waals surface area contributed by atoms with Crippen LogP contribution in [0, 0.1) is 0 Å². The van der Waals surface area contributed by atoms with E-state index >= 15 is 0 Å². The summed E-state index contributed by atoms with van der Waals surface area (Å²) in [5.74, 6) is -0.997. The van der Waals surface area contributed by atoms with Crippen LogP contribution >= 0.6 is 0 Å². The van der Waals surface area contributed by atoms with Crippen LogP contribution in [0.3, 0.4) is 0 Å². The van der Waals surface area contributed by atoms with Crippen molar-refractivity contribution in [3.63, 3.8) is 0 Å². The zero-order valence-electron chi connectivity index (χ0n) is 13.4. The largest absolute Gasteiger partial charge is 0.394 e. The molecule has 0 amide bonds. The molecule has 1 aromatic carbocycles. The predicted molar refractivity (Wildman–Crippen MR) is 76.9 cm³/mol. The molecule has 2 N–H and O–H groups in total. The molecule has 6 atom stereocenters. The number of aliphatic hydroxyl groups excluding tert-OH is 2. The van der Waals surface area contributed by atoms with Crippen molar-refractivity contribution in [1.29, 1.82) is 0 Å². The van der Waals surface area contributed by atoms with Gasteiger partial charge < -0.3 is 29.2 Å². The highest BCUT2D eigenvalue weighted by atomic mass is 16.8. The molecule has 2 aliphatic rings. The molecule has 0 aromatic heterocycles. The van der Waals surface area contributed by atoms with Gasteiger partial charge in [-0.2, -0.15) is 0 Å². The molecule has 6 heteroatoms. The fourth-order valence-corrected chi connectivity index (χ4v) is 2.74. The second-order valence-electron chi connectivity index (χ2n) is 5.79. The Kier molecular flexibility index (Phi) is 4.13. The van der Waals surface area contributed by atoms with Crippen LogP contribution in [-0.4, -0.2) is 53.6 Å². The van der Waals surface area contributed by atoms with Crippen LogP contribution in [0.25, 0.3) is 0 Å². The normalized spacial score (nSPS) is 43.0. The van der Waals surface area contributed by atoms with Gasteiger partial charge in [0.1, 0.15) is 24.4 Å². The highest BCUT2D eigenvalue weighted by Gasteiger charge is 2.47. The number of ether oxygens (including phenoxy) is 4. The highest BCUT2D eigenvalue weighted by molar-refractivity contribution is 5.16. The Balaban J connectivity index is 1.78. The van der Waals surface area contributed by atoms with Gasteiger partial charge in [-0.3, -0.25) is 0 Å². The van der Waals surface area contributed by atoms with E-state index in [1.54, 1.807) is 6.92 Å². The quantitative estimate of drug-likeness (QED) is 0.866. The SMILES string of the molecule is [2H]CC1(C)OC[C@H]([C@H]2OC(c3ccccc3)O[C@@H](CO)[C@H]2O)O1. The zero-order valence-corrected chi connectivity index (χ0v) is 12.4. The van der Waals surface area contributed by atoms with E-state index < -0.39 is 36.5 Å². The summed E-state index contributed by atoms with van der Waals surface area (Å²) < 4.78 is 30.3. The molecule has 2 heterocycles. The van der Waals surface area contributed by atoms with Crippen molar-refractivity contribution in [2.24, 2.45) is 0 Å². The van der Waals surface area contributed by atoms with Gasteiger partial charge in [-0.05, 0) is 13.8 Å². The van der Waals surface area contributed by atoms with E-state index in [1.165, 1.54) is 0 Å². The maximum atomic E-state index is 10.4. The summed E-state index contributed by atoms with van der Waals surface area (Å²) in [6.07, 6.45) is -3.75. The van der Waals surface area contributed by atoms with E-state index in [0.29, 0.717) is 0 Å². The van der Waals surface area contributed by atoms with Crippen LogP contribution in [0.4, 0.5) is 0 Å².